The SMILES string of the molecule is Cc1cc(F)cc(N(C)C(=O)[C@H](Cc2ccccc2)NC(=O)NS(=O)(=O)N[C@@H](Cc2ccccc2)C(=O)N(C)c2cc(C)cc(F)c2)c1.S.S. The quantitative estimate of drug-likeness (QED) is 0.192. The van der Waals surface area contributed by atoms with Crippen molar-refractivity contribution in [3.05, 3.63) is 131 Å². The fourth-order valence-electron chi connectivity index (χ4n) is 5.15. The van der Waals surface area contributed by atoms with Crippen LogP contribution in [0.3, 0.4) is 0 Å². The number of halogens is 2. The Hall–Kier alpha value is -4.44. The number of nitrogens with one attached hydrogen (secondary N) is 3. The van der Waals surface area contributed by atoms with E-state index in [1.807, 2.05) is 4.72 Å². The van der Waals surface area contributed by atoms with Crippen LogP contribution in [0.1, 0.15) is 22.3 Å². The number of rotatable bonds is 12. The van der Waals surface area contributed by atoms with Crippen LogP contribution in [0.4, 0.5) is 25.0 Å². The van der Waals surface area contributed by atoms with Gasteiger partial charge in [0.25, 0.3) is 0 Å². The average Bonchev–Trinajstić information content (AvgIpc) is 3.02. The van der Waals surface area contributed by atoms with Crippen molar-refractivity contribution in [3.8, 4) is 0 Å². The predicted molar refractivity (Wildman–Crippen MR) is 201 cm³/mol. The highest BCUT2D eigenvalue weighted by Crippen LogP contribution is 2.20. The van der Waals surface area contributed by atoms with E-state index in [0.29, 0.717) is 22.3 Å². The number of urea groups is 1. The lowest BCUT2D eigenvalue weighted by molar-refractivity contribution is -0.120. The molecule has 15 heteroatoms. The molecule has 0 radical (unpaired) electrons. The maximum atomic E-state index is 14.1. The zero-order chi connectivity index (χ0) is 35.0. The number of anilines is 2. The molecule has 0 aromatic heterocycles. The first kappa shape index (κ1) is 41.7. The fraction of sp³-hybridized carbons (Fsp3) is 0.229. The van der Waals surface area contributed by atoms with Gasteiger partial charge in [0.1, 0.15) is 23.7 Å². The highest BCUT2D eigenvalue weighted by Gasteiger charge is 2.31. The average molecular weight is 746 g/mol. The van der Waals surface area contributed by atoms with Gasteiger partial charge in [0.2, 0.25) is 11.8 Å². The lowest BCUT2D eigenvalue weighted by Crippen LogP contribution is -2.57. The maximum Gasteiger partial charge on any atom is 0.330 e. The first-order chi connectivity index (χ1) is 22.7. The van der Waals surface area contributed by atoms with Gasteiger partial charge in [-0.2, -0.15) is 40.1 Å². The monoisotopic (exact) mass is 745 g/mol. The predicted octanol–water partition coefficient (Wildman–Crippen LogP) is 4.79. The summed E-state index contributed by atoms with van der Waals surface area (Å²) in [7, 11) is -1.91. The zero-order valence-electron chi connectivity index (χ0n) is 27.9. The first-order valence-electron chi connectivity index (χ1n) is 15.0. The van der Waals surface area contributed by atoms with Crippen LogP contribution in [0.15, 0.2) is 97.1 Å². The minimum Gasteiger partial charge on any atom is -0.325 e. The molecule has 268 valence electrons. The van der Waals surface area contributed by atoms with E-state index in [4.69, 9.17) is 0 Å². The lowest BCUT2D eigenvalue weighted by atomic mass is 10.0. The summed E-state index contributed by atoms with van der Waals surface area (Å²) in [6, 6.07) is 21.6. The van der Waals surface area contributed by atoms with Crippen LogP contribution >= 0.6 is 27.0 Å². The normalized spacial score (nSPS) is 12.0. The number of likely N-dealkylation sites (N-methyl/N-ethyl adjacent to an activating group) is 2. The molecule has 10 nitrogen and oxygen atoms in total. The maximum absolute atomic E-state index is 14.1. The van der Waals surface area contributed by atoms with E-state index in [2.05, 4.69) is 10.0 Å². The molecule has 4 amide bonds. The molecular weight excluding hydrogens is 705 g/mol. The number of carbonyl (C=O) groups excluding carboxylic acids is 3. The highest BCUT2D eigenvalue weighted by atomic mass is 32.2. The molecule has 0 unspecified atom stereocenters. The number of hydrogen-bond donors (Lipinski definition) is 3. The molecule has 4 aromatic carbocycles. The topological polar surface area (TPSA) is 128 Å². The highest BCUT2D eigenvalue weighted by molar-refractivity contribution is 7.88. The van der Waals surface area contributed by atoms with Crippen LogP contribution in [0.2, 0.25) is 0 Å². The molecule has 2 atom stereocenters. The molecule has 4 rings (SSSR count). The molecule has 0 saturated heterocycles. The van der Waals surface area contributed by atoms with Crippen LogP contribution in [0.25, 0.3) is 0 Å². The van der Waals surface area contributed by atoms with E-state index in [1.54, 1.807) is 86.6 Å². The van der Waals surface area contributed by atoms with Crippen LogP contribution in [0.5, 0.6) is 0 Å². The standard InChI is InChI=1S/C35H37F2N5O5S.2H2S/c1-23-15-27(36)21-29(17-23)41(3)33(43)31(19-25-11-7-5-8-12-25)38-35(45)40-48(46,47)39-32(20-26-13-9-6-10-14-26)34(44)42(4)30-18-24(2)16-28(37)22-30;;/h5-18,21-22,31-32,39H,19-20H2,1-4H3,(H2,38,40,45);2*1H2/t31-,32-;;/m0../s1. The van der Waals surface area contributed by atoms with E-state index in [0.717, 1.165) is 11.0 Å². The summed E-state index contributed by atoms with van der Waals surface area (Å²) in [6.45, 7) is 3.33. The van der Waals surface area contributed by atoms with Gasteiger partial charge in [0, 0.05) is 31.9 Å². The molecule has 3 N–H and O–H groups in total. The van der Waals surface area contributed by atoms with Crippen LogP contribution in [-0.4, -0.2) is 52.4 Å². The Bertz CT molecular complexity index is 1850. The van der Waals surface area contributed by atoms with Crippen LogP contribution in [-0.2, 0) is 32.6 Å². The summed E-state index contributed by atoms with van der Waals surface area (Å²) >= 11 is 0. The van der Waals surface area contributed by atoms with Crippen molar-refractivity contribution in [3.63, 3.8) is 0 Å². The molecular formula is C35H41F2N5O5S3. The largest absolute Gasteiger partial charge is 0.330 e. The fourth-order valence-corrected chi connectivity index (χ4v) is 6.07. The number of amides is 4. The van der Waals surface area contributed by atoms with E-state index in [-0.39, 0.29) is 51.2 Å². The Morgan fingerprint density at radius 3 is 1.48 bits per heavy atom. The Labute approximate surface area is 305 Å². The molecule has 0 spiro atoms. The molecule has 0 aliphatic heterocycles. The van der Waals surface area contributed by atoms with Gasteiger partial charge in [-0.1, -0.05) is 60.7 Å². The van der Waals surface area contributed by atoms with E-state index in [9.17, 15) is 31.6 Å². The zero-order valence-corrected chi connectivity index (χ0v) is 30.7. The molecule has 0 aliphatic carbocycles. The molecule has 4 aromatic rings. The summed E-state index contributed by atoms with van der Waals surface area (Å²) < 4.78 is 59.0. The van der Waals surface area contributed by atoms with Gasteiger partial charge in [0.15, 0.2) is 0 Å². The number of aryl methyl sites for hydroxylation is 2. The van der Waals surface area contributed by atoms with E-state index < -0.39 is 51.8 Å². The third-order valence-electron chi connectivity index (χ3n) is 7.48. The Kier molecular flexibility index (Phi) is 15.5. The molecule has 50 heavy (non-hydrogen) atoms. The van der Waals surface area contributed by atoms with Crippen molar-refractivity contribution < 1.29 is 31.6 Å². The molecule has 0 bridgehead atoms. The van der Waals surface area contributed by atoms with Gasteiger partial charge >= 0.3 is 16.2 Å². The number of hydrogen-bond acceptors (Lipinski definition) is 5. The van der Waals surface area contributed by atoms with Gasteiger partial charge in [-0.05, 0) is 78.9 Å². The summed E-state index contributed by atoms with van der Waals surface area (Å²) in [5, 5.41) is 2.42. The summed E-state index contributed by atoms with van der Waals surface area (Å²) in [6.07, 6.45) is -0.0972. The van der Waals surface area contributed by atoms with Gasteiger partial charge in [-0.25, -0.2) is 18.3 Å². The number of carbonyl (C=O) groups is 3. The second-order valence-corrected chi connectivity index (χ2v) is 12.9. The second-order valence-electron chi connectivity index (χ2n) is 11.4. The Morgan fingerprint density at radius 1 is 0.660 bits per heavy atom. The number of benzene rings is 4. The second kappa shape index (κ2) is 18.5. The van der Waals surface area contributed by atoms with Crippen molar-refractivity contribution in [2.45, 2.75) is 38.8 Å². The lowest BCUT2D eigenvalue weighted by Gasteiger charge is -2.26. The summed E-state index contributed by atoms with van der Waals surface area (Å²) in [4.78, 5) is 42.7. The summed E-state index contributed by atoms with van der Waals surface area (Å²) in [5.74, 6) is -2.46. The van der Waals surface area contributed by atoms with Crippen molar-refractivity contribution in [1.82, 2.24) is 14.8 Å². The van der Waals surface area contributed by atoms with E-state index >= 15 is 0 Å². The molecule has 0 aliphatic rings. The van der Waals surface area contributed by atoms with E-state index in [1.165, 1.54) is 37.2 Å². The van der Waals surface area contributed by atoms with Gasteiger partial charge in [0.05, 0.1) is 0 Å². The smallest absolute Gasteiger partial charge is 0.325 e. The van der Waals surface area contributed by atoms with Crippen LogP contribution in [0, 0.1) is 25.5 Å². The first-order valence-corrected chi connectivity index (χ1v) is 16.5. The van der Waals surface area contributed by atoms with Crippen molar-refractivity contribution in [2.75, 3.05) is 23.9 Å². The van der Waals surface area contributed by atoms with Gasteiger partial charge in [-0.3, -0.25) is 9.59 Å². The third kappa shape index (κ3) is 11.9. The Morgan fingerprint density at radius 2 is 1.06 bits per heavy atom. The minimum atomic E-state index is -4.71. The molecule has 0 heterocycles. The van der Waals surface area contributed by atoms with Crippen molar-refractivity contribution >= 4 is 66.4 Å². The minimum absolute atomic E-state index is 0. The third-order valence-corrected chi connectivity index (χ3v) is 8.53. The Balaban J connectivity index is 0.00000433. The number of nitrogens with zero attached hydrogens (tertiary/aromatic N) is 2. The van der Waals surface area contributed by atoms with Crippen LogP contribution < -0.4 is 24.6 Å². The van der Waals surface area contributed by atoms with Crippen molar-refractivity contribution in [1.29, 1.82) is 0 Å². The summed E-state index contributed by atoms with van der Waals surface area (Å²) in [5.41, 5.74) is 2.87. The van der Waals surface area contributed by atoms with Gasteiger partial charge < -0.3 is 15.1 Å². The van der Waals surface area contributed by atoms with Crippen molar-refractivity contribution in [2.24, 2.45) is 0 Å². The van der Waals surface area contributed by atoms with Gasteiger partial charge in [-0.15, -0.1) is 0 Å². The molecule has 0 fully saturated rings. The molecule has 0 saturated carbocycles.